The van der Waals surface area contributed by atoms with Crippen LogP contribution in [0.4, 0.5) is 0 Å². The maximum atomic E-state index is 5.89. The third-order valence-corrected chi connectivity index (χ3v) is 3.42. The van der Waals surface area contributed by atoms with Gasteiger partial charge in [-0.25, -0.2) is 0 Å². The molecule has 1 aromatic carbocycles. The van der Waals surface area contributed by atoms with Crippen molar-refractivity contribution in [2.24, 2.45) is 0 Å². The Balaban J connectivity index is 2.41. The molecule has 1 rings (SSSR count). The Labute approximate surface area is 112 Å². The Morgan fingerprint density at radius 3 is 2.28 bits per heavy atom. The number of hydrogen-bond donors (Lipinski definition) is 1. The molecule has 0 aromatic heterocycles. The number of hydrogen-bond acceptors (Lipinski definition) is 2. The monoisotopic (exact) mass is 249 g/mol. The average molecular weight is 249 g/mol. The lowest BCUT2D eigenvalue weighted by atomic mass is 10.0. The van der Waals surface area contributed by atoms with Crippen LogP contribution in [-0.4, -0.2) is 18.2 Å². The van der Waals surface area contributed by atoms with Crippen molar-refractivity contribution >= 4 is 0 Å². The SMILES string of the molecule is CCc1ccc(OC(C)CNC(C)(C)CC)cc1. The van der Waals surface area contributed by atoms with Crippen LogP contribution < -0.4 is 10.1 Å². The standard InChI is InChI=1S/C16H27NO/c1-6-14-8-10-15(11-9-14)18-13(3)12-17-16(4,5)7-2/h8-11,13,17H,6-7,12H2,1-5H3. The highest BCUT2D eigenvalue weighted by molar-refractivity contribution is 5.27. The van der Waals surface area contributed by atoms with Crippen LogP contribution in [-0.2, 0) is 6.42 Å². The molecule has 0 aliphatic heterocycles. The van der Waals surface area contributed by atoms with Crippen molar-refractivity contribution in [1.29, 1.82) is 0 Å². The van der Waals surface area contributed by atoms with Gasteiger partial charge in [-0.3, -0.25) is 0 Å². The van der Waals surface area contributed by atoms with Crippen LogP contribution in [0.3, 0.4) is 0 Å². The van der Waals surface area contributed by atoms with E-state index in [9.17, 15) is 0 Å². The highest BCUT2D eigenvalue weighted by atomic mass is 16.5. The zero-order valence-corrected chi connectivity index (χ0v) is 12.4. The summed E-state index contributed by atoms with van der Waals surface area (Å²) in [6, 6.07) is 8.37. The predicted molar refractivity (Wildman–Crippen MR) is 78.3 cm³/mol. The van der Waals surface area contributed by atoms with Gasteiger partial charge < -0.3 is 10.1 Å². The fourth-order valence-electron chi connectivity index (χ4n) is 1.62. The van der Waals surface area contributed by atoms with Crippen molar-refractivity contribution in [3.05, 3.63) is 29.8 Å². The minimum absolute atomic E-state index is 0.184. The summed E-state index contributed by atoms with van der Waals surface area (Å²) in [4.78, 5) is 0. The molecule has 18 heavy (non-hydrogen) atoms. The first-order valence-electron chi connectivity index (χ1n) is 6.97. The summed E-state index contributed by atoms with van der Waals surface area (Å²) in [6.07, 6.45) is 2.37. The summed E-state index contributed by atoms with van der Waals surface area (Å²) in [5.41, 5.74) is 1.53. The molecule has 0 aliphatic rings. The molecule has 0 bridgehead atoms. The number of nitrogens with one attached hydrogen (secondary N) is 1. The summed E-state index contributed by atoms with van der Waals surface area (Å²) >= 11 is 0. The molecule has 0 amide bonds. The van der Waals surface area contributed by atoms with Crippen molar-refractivity contribution in [1.82, 2.24) is 5.32 Å². The third kappa shape index (κ3) is 5.09. The van der Waals surface area contributed by atoms with E-state index in [1.54, 1.807) is 0 Å². The van der Waals surface area contributed by atoms with Gasteiger partial charge >= 0.3 is 0 Å². The van der Waals surface area contributed by atoms with Crippen LogP contribution in [0.5, 0.6) is 5.75 Å². The minimum atomic E-state index is 0.184. The van der Waals surface area contributed by atoms with E-state index in [0.29, 0.717) is 0 Å². The summed E-state index contributed by atoms with van der Waals surface area (Å²) in [5, 5.41) is 3.53. The van der Waals surface area contributed by atoms with Crippen LogP contribution >= 0.6 is 0 Å². The smallest absolute Gasteiger partial charge is 0.119 e. The Morgan fingerprint density at radius 2 is 1.78 bits per heavy atom. The Morgan fingerprint density at radius 1 is 1.17 bits per heavy atom. The molecule has 0 saturated heterocycles. The van der Waals surface area contributed by atoms with E-state index in [4.69, 9.17) is 4.74 Å². The van der Waals surface area contributed by atoms with E-state index in [0.717, 1.165) is 25.1 Å². The first-order valence-corrected chi connectivity index (χ1v) is 6.97. The number of aryl methyl sites for hydroxylation is 1. The fourth-order valence-corrected chi connectivity index (χ4v) is 1.62. The topological polar surface area (TPSA) is 21.3 Å². The second-order valence-corrected chi connectivity index (χ2v) is 5.54. The highest BCUT2D eigenvalue weighted by Crippen LogP contribution is 2.14. The normalized spacial score (nSPS) is 13.4. The lowest BCUT2D eigenvalue weighted by Crippen LogP contribution is -2.43. The van der Waals surface area contributed by atoms with Gasteiger partial charge in [-0.1, -0.05) is 26.0 Å². The van der Waals surface area contributed by atoms with Gasteiger partial charge in [0.2, 0.25) is 0 Å². The van der Waals surface area contributed by atoms with Crippen LogP contribution in [0, 0.1) is 0 Å². The van der Waals surface area contributed by atoms with Gasteiger partial charge in [0, 0.05) is 12.1 Å². The van der Waals surface area contributed by atoms with E-state index in [-0.39, 0.29) is 11.6 Å². The largest absolute Gasteiger partial charge is 0.489 e. The molecule has 1 N–H and O–H groups in total. The van der Waals surface area contributed by atoms with Gasteiger partial charge in [0.05, 0.1) is 0 Å². The van der Waals surface area contributed by atoms with E-state index in [1.807, 2.05) is 0 Å². The van der Waals surface area contributed by atoms with Gasteiger partial charge in [-0.05, 0) is 51.3 Å². The Hall–Kier alpha value is -1.02. The number of rotatable bonds is 7. The molecule has 0 fully saturated rings. The molecule has 1 atom stereocenters. The van der Waals surface area contributed by atoms with Crippen LogP contribution in [0.1, 0.15) is 46.6 Å². The Kier molecular flexibility index (Phi) is 5.67. The molecule has 2 nitrogen and oxygen atoms in total. The molecule has 1 aromatic rings. The van der Waals surface area contributed by atoms with Crippen molar-refractivity contribution in [3.63, 3.8) is 0 Å². The van der Waals surface area contributed by atoms with Gasteiger partial charge in [-0.15, -0.1) is 0 Å². The van der Waals surface area contributed by atoms with Crippen LogP contribution in [0.15, 0.2) is 24.3 Å². The van der Waals surface area contributed by atoms with Crippen LogP contribution in [0.2, 0.25) is 0 Å². The maximum absolute atomic E-state index is 5.89. The summed E-state index contributed by atoms with van der Waals surface area (Å²) < 4.78 is 5.89. The van der Waals surface area contributed by atoms with Crippen molar-refractivity contribution < 1.29 is 4.74 Å². The molecule has 0 saturated carbocycles. The third-order valence-electron chi connectivity index (χ3n) is 3.42. The van der Waals surface area contributed by atoms with E-state index in [2.05, 4.69) is 64.2 Å². The molecular formula is C16H27NO. The van der Waals surface area contributed by atoms with E-state index >= 15 is 0 Å². The van der Waals surface area contributed by atoms with E-state index < -0.39 is 0 Å². The molecule has 0 radical (unpaired) electrons. The maximum Gasteiger partial charge on any atom is 0.119 e. The van der Waals surface area contributed by atoms with Crippen LogP contribution in [0.25, 0.3) is 0 Å². The molecule has 0 aliphatic carbocycles. The molecule has 0 heterocycles. The molecule has 102 valence electrons. The number of benzene rings is 1. The quantitative estimate of drug-likeness (QED) is 0.793. The summed E-state index contributed by atoms with van der Waals surface area (Å²) in [6.45, 7) is 11.8. The van der Waals surface area contributed by atoms with E-state index in [1.165, 1.54) is 5.56 Å². The molecule has 1 unspecified atom stereocenters. The zero-order valence-electron chi connectivity index (χ0n) is 12.4. The molecule has 0 spiro atoms. The van der Waals surface area contributed by atoms with Gasteiger partial charge in [0.25, 0.3) is 0 Å². The van der Waals surface area contributed by atoms with Crippen molar-refractivity contribution in [2.75, 3.05) is 6.54 Å². The number of ether oxygens (including phenoxy) is 1. The average Bonchev–Trinajstić information content (AvgIpc) is 2.37. The van der Waals surface area contributed by atoms with Gasteiger partial charge in [-0.2, -0.15) is 0 Å². The van der Waals surface area contributed by atoms with Crippen molar-refractivity contribution in [2.45, 2.75) is 59.1 Å². The first-order chi connectivity index (χ1) is 8.46. The lowest BCUT2D eigenvalue weighted by Gasteiger charge is -2.27. The fraction of sp³-hybridized carbons (Fsp3) is 0.625. The van der Waals surface area contributed by atoms with Gasteiger partial charge in [0.1, 0.15) is 11.9 Å². The molecule has 2 heteroatoms. The van der Waals surface area contributed by atoms with Gasteiger partial charge in [0.15, 0.2) is 0 Å². The predicted octanol–water partition coefficient (Wildman–Crippen LogP) is 3.79. The highest BCUT2D eigenvalue weighted by Gasteiger charge is 2.15. The Bertz CT molecular complexity index is 343. The summed E-state index contributed by atoms with van der Waals surface area (Å²) in [7, 11) is 0. The minimum Gasteiger partial charge on any atom is -0.489 e. The zero-order chi connectivity index (χ0) is 13.6. The second-order valence-electron chi connectivity index (χ2n) is 5.54. The summed E-state index contributed by atoms with van der Waals surface area (Å²) in [5.74, 6) is 0.954. The van der Waals surface area contributed by atoms with Crippen molar-refractivity contribution in [3.8, 4) is 5.75 Å². The lowest BCUT2D eigenvalue weighted by molar-refractivity contribution is 0.199. The molecular weight excluding hydrogens is 222 g/mol. The second kappa shape index (κ2) is 6.79. The first kappa shape index (κ1) is 15.0.